The van der Waals surface area contributed by atoms with Crippen molar-refractivity contribution in [2.24, 2.45) is 5.92 Å². The second kappa shape index (κ2) is 6.39. The molecular formula is C18H29NOS. The van der Waals surface area contributed by atoms with E-state index in [1.54, 1.807) is 10.4 Å². The molecule has 0 saturated heterocycles. The third kappa shape index (κ3) is 3.69. The number of fused-ring (bicyclic) bond motifs is 1. The van der Waals surface area contributed by atoms with Gasteiger partial charge in [-0.3, -0.25) is 0 Å². The first-order valence-electron chi connectivity index (χ1n) is 8.63. The highest BCUT2D eigenvalue weighted by molar-refractivity contribution is 7.12. The summed E-state index contributed by atoms with van der Waals surface area (Å²) in [6, 6.07) is 2.77. The van der Waals surface area contributed by atoms with Crippen molar-refractivity contribution in [3.63, 3.8) is 0 Å². The van der Waals surface area contributed by atoms with Crippen molar-refractivity contribution in [3.05, 3.63) is 21.4 Å². The molecule has 1 fully saturated rings. The minimum Gasteiger partial charge on any atom is -0.389 e. The number of thiophene rings is 1. The number of aliphatic hydroxyl groups is 1. The molecule has 1 aromatic heterocycles. The van der Waals surface area contributed by atoms with Crippen LogP contribution in [0, 0.1) is 5.92 Å². The molecule has 2 aliphatic rings. The summed E-state index contributed by atoms with van der Waals surface area (Å²) in [5.41, 5.74) is 1.10. The van der Waals surface area contributed by atoms with Crippen LogP contribution in [0.15, 0.2) is 6.07 Å². The molecule has 3 rings (SSSR count). The first kappa shape index (κ1) is 15.5. The van der Waals surface area contributed by atoms with Crippen LogP contribution in [0.3, 0.4) is 0 Å². The molecule has 0 amide bonds. The van der Waals surface area contributed by atoms with Gasteiger partial charge in [-0.1, -0.05) is 19.8 Å². The Balaban J connectivity index is 1.58. The molecular weight excluding hydrogens is 278 g/mol. The summed E-state index contributed by atoms with van der Waals surface area (Å²) < 4.78 is 0. The molecule has 0 aromatic carbocycles. The Bertz CT molecular complexity index is 460. The summed E-state index contributed by atoms with van der Waals surface area (Å²) >= 11 is 1.99. The van der Waals surface area contributed by atoms with Crippen LogP contribution in [0.2, 0.25) is 0 Å². The van der Waals surface area contributed by atoms with Crippen LogP contribution in [0.1, 0.15) is 73.7 Å². The van der Waals surface area contributed by atoms with Gasteiger partial charge < -0.3 is 10.4 Å². The molecule has 3 atom stereocenters. The van der Waals surface area contributed by atoms with Crippen molar-refractivity contribution in [3.8, 4) is 0 Å². The lowest BCUT2D eigenvalue weighted by atomic mass is 9.79. The van der Waals surface area contributed by atoms with E-state index in [1.165, 1.54) is 43.4 Å². The highest BCUT2D eigenvalue weighted by atomic mass is 32.1. The average molecular weight is 308 g/mol. The molecule has 0 aliphatic heterocycles. The highest BCUT2D eigenvalue weighted by Crippen LogP contribution is 2.34. The van der Waals surface area contributed by atoms with E-state index in [1.807, 2.05) is 11.3 Å². The van der Waals surface area contributed by atoms with Gasteiger partial charge in [0.05, 0.1) is 5.60 Å². The first-order valence-corrected chi connectivity index (χ1v) is 9.45. The third-order valence-electron chi connectivity index (χ3n) is 5.25. The van der Waals surface area contributed by atoms with E-state index >= 15 is 0 Å². The molecule has 2 aliphatic carbocycles. The van der Waals surface area contributed by atoms with Crippen LogP contribution in [0.5, 0.6) is 0 Å². The number of aryl methyl sites for hydroxylation is 2. The fourth-order valence-corrected chi connectivity index (χ4v) is 5.25. The van der Waals surface area contributed by atoms with Crippen molar-refractivity contribution >= 4 is 11.3 Å². The molecule has 0 radical (unpaired) electrons. The molecule has 3 heteroatoms. The van der Waals surface area contributed by atoms with Gasteiger partial charge in [0.1, 0.15) is 0 Å². The second-order valence-corrected chi connectivity index (χ2v) is 8.50. The largest absolute Gasteiger partial charge is 0.389 e. The summed E-state index contributed by atoms with van der Waals surface area (Å²) in [6.45, 7) is 5.24. The lowest BCUT2D eigenvalue weighted by Gasteiger charge is -2.36. The molecule has 1 saturated carbocycles. The zero-order chi connectivity index (χ0) is 14.9. The SMILES string of the molecule is CC1CCCC(O)(CNC(C)c2cc3c(s2)CCCC3)C1. The molecule has 1 aromatic rings. The van der Waals surface area contributed by atoms with Crippen LogP contribution < -0.4 is 5.32 Å². The Kier molecular flexibility index (Phi) is 4.72. The lowest BCUT2D eigenvalue weighted by molar-refractivity contribution is -0.0133. The van der Waals surface area contributed by atoms with Crippen LogP contribution in [-0.4, -0.2) is 17.3 Å². The Morgan fingerprint density at radius 2 is 2.19 bits per heavy atom. The maximum absolute atomic E-state index is 10.7. The summed E-state index contributed by atoms with van der Waals surface area (Å²) in [5.74, 6) is 0.662. The molecule has 118 valence electrons. The summed E-state index contributed by atoms with van der Waals surface area (Å²) in [6.07, 6.45) is 9.59. The van der Waals surface area contributed by atoms with Gasteiger partial charge in [0, 0.05) is 22.3 Å². The van der Waals surface area contributed by atoms with Crippen molar-refractivity contribution in [2.45, 2.75) is 76.9 Å². The van der Waals surface area contributed by atoms with Gasteiger partial charge in [0.2, 0.25) is 0 Å². The number of rotatable bonds is 4. The number of nitrogens with one attached hydrogen (secondary N) is 1. The normalized spacial score (nSPS) is 30.9. The van der Waals surface area contributed by atoms with E-state index in [2.05, 4.69) is 25.2 Å². The fraction of sp³-hybridized carbons (Fsp3) is 0.778. The van der Waals surface area contributed by atoms with Crippen molar-refractivity contribution in [2.75, 3.05) is 6.54 Å². The Labute approximate surface area is 133 Å². The number of hydrogen-bond donors (Lipinski definition) is 2. The predicted molar refractivity (Wildman–Crippen MR) is 90.0 cm³/mol. The Hall–Kier alpha value is -0.380. The monoisotopic (exact) mass is 307 g/mol. The molecule has 1 heterocycles. The fourth-order valence-electron chi connectivity index (χ4n) is 3.96. The summed E-state index contributed by atoms with van der Waals surface area (Å²) in [5, 5.41) is 14.3. The van der Waals surface area contributed by atoms with Crippen molar-refractivity contribution < 1.29 is 5.11 Å². The van der Waals surface area contributed by atoms with E-state index in [-0.39, 0.29) is 0 Å². The van der Waals surface area contributed by atoms with E-state index in [0.29, 0.717) is 12.0 Å². The summed E-state index contributed by atoms with van der Waals surface area (Å²) in [7, 11) is 0. The third-order valence-corrected chi connectivity index (χ3v) is 6.67. The average Bonchev–Trinajstić information content (AvgIpc) is 2.88. The Morgan fingerprint density at radius 3 is 2.95 bits per heavy atom. The van der Waals surface area contributed by atoms with Crippen LogP contribution in [0.4, 0.5) is 0 Å². The van der Waals surface area contributed by atoms with Crippen LogP contribution in [0.25, 0.3) is 0 Å². The zero-order valence-electron chi connectivity index (χ0n) is 13.5. The molecule has 2 nitrogen and oxygen atoms in total. The maximum atomic E-state index is 10.7. The van der Waals surface area contributed by atoms with Gasteiger partial charge in [-0.05, 0) is 63.0 Å². The van der Waals surface area contributed by atoms with E-state index < -0.39 is 5.60 Å². The zero-order valence-corrected chi connectivity index (χ0v) is 14.3. The van der Waals surface area contributed by atoms with Crippen molar-refractivity contribution in [1.29, 1.82) is 0 Å². The smallest absolute Gasteiger partial charge is 0.0774 e. The van der Waals surface area contributed by atoms with E-state index in [9.17, 15) is 5.11 Å². The highest BCUT2D eigenvalue weighted by Gasteiger charge is 2.32. The molecule has 0 bridgehead atoms. The van der Waals surface area contributed by atoms with Gasteiger partial charge in [-0.2, -0.15) is 0 Å². The van der Waals surface area contributed by atoms with Gasteiger partial charge in [-0.15, -0.1) is 11.3 Å². The van der Waals surface area contributed by atoms with Crippen LogP contribution >= 0.6 is 11.3 Å². The Morgan fingerprint density at radius 1 is 1.38 bits per heavy atom. The molecule has 3 unspecified atom stereocenters. The number of hydrogen-bond acceptors (Lipinski definition) is 3. The first-order chi connectivity index (χ1) is 10.1. The van der Waals surface area contributed by atoms with Gasteiger partial charge in [0.15, 0.2) is 0 Å². The van der Waals surface area contributed by atoms with Crippen LogP contribution in [-0.2, 0) is 12.8 Å². The standard InChI is InChI=1S/C18H29NOS/c1-13-6-5-9-18(20,11-13)12-19-14(2)17-10-15-7-3-4-8-16(15)21-17/h10,13-14,19-20H,3-9,11-12H2,1-2H3. The quantitative estimate of drug-likeness (QED) is 0.873. The maximum Gasteiger partial charge on any atom is 0.0774 e. The minimum atomic E-state index is -0.483. The minimum absolute atomic E-state index is 0.363. The van der Waals surface area contributed by atoms with Gasteiger partial charge >= 0.3 is 0 Å². The second-order valence-electron chi connectivity index (χ2n) is 7.33. The topological polar surface area (TPSA) is 32.3 Å². The van der Waals surface area contributed by atoms with E-state index in [4.69, 9.17) is 0 Å². The van der Waals surface area contributed by atoms with Gasteiger partial charge in [0.25, 0.3) is 0 Å². The molecule has 21 heavy (non-hydrogen) atoms. The van der Waals surface area contributed by atoms with Crippen molar-refractivity contribution in [1.82, 2.24) is 5.32 Å². The summed E-state index contributed by atoms with van der Waals surface area (Å²) in [4.78, 5) is 3.06. The predicted octanol–water partition coefficient (Wildman–Crippen LogP) is 4.22. The lowest BCUT2D eigenvalue weighted by Crippen LogP contribution is -2.44. The van der Waals surface area contributed by atoms with E-state index in [0.717, 1.165) is 19.4 Å². The van der Waals surface area contributed by atoms with Gasteiger partial charge in [-0.25, -0.2) is 0 Å². The molecule has 0 spiro atoms. The molecule has 2 N–H and O–H groups in total.